The third kappa shape index (κ3) is 4.32. The molecule has 0 aliphatic carbocycles. The van der Waals surface area contributed by atoms with Crippen molar-refractivity contribution in [3.05, 3.63) is 83.8 Å². The lowest BCUT2D eigenvalue weighted by atomic mass is 9.93. The highest BCUT2D eigenvalue weighted by atomic mass is 19.1. The van der Waals surface area contributed by atoms with E-state index in [1.165, 1.54) is 25.4 Å². The molecule has 1 fully saturated rings. The number of halogens is 1. The minimum atomic E-state index is -0.651. The van der Waals surface area contributed by atoms with E-state index in [4.69, 9.17) is 4.74 Å². The van der Waals surface area contributed by atoms with Crippen LogP contribution in [0.3, 0.4) is 0 Å². The molecule has 0 unspecified atom stereocenters. The predicted octanol–water partition coefficient (Wildman–Crippen LogP) is 3.42. The van der Waals surface area contributed by atoms with Crippen molar-refractivity contribution in [3.8, 4) is 17.0 Å². The fraction of sp³-hybridized carbons (Fsp3) is 0.240. The lowest BCUT2D eigenvalue weighted by Crippen LogP contribution is -2.58. The first-order chi connectivity index (χ1) is 15.5. The van der Waals surface area contributed by atoms with Gasteiger partial charge in [-0.2, -0.15) is 0 Å². The topological polar surface area (TPSA) is 62.7 Å². The van der Waals surface area contributed by atoms with Gasteiger partial charge in [-0.05, 0) is 34.9 Å². The molecule has 0 spiro atoms. The second kappa shape index (κ2) is 9.18. The number of aromatic nitrogens is 1. The van der Waals surface area contributed by atoms with Gasteiger partial charge in [-0.25, -0.2) is 9.37 Å². The summed E-state index contributed by atoms with van der Waals surface area (Å²) in [6.45, 7) is 0.887. The number of amides is 2. The number of ether oxygens (including phenoxy) is 1. The maximum atomic E-state index is 13.4. The van der Waals surface area contributed by atoms with Crippen LogP contribution in [0.4, 0.5) is 4.39 Å². The monoisotopic (exact) mass is 433 g/mol. The Bertz CT molecular complexity index is 1130. The van der Waals surface area contributed by atoms with Crippen LogP contribution >= 0.6 is 0 Å². The van der Waals surface area contributed by atoms with E-state index in [2.05, 4.69) is 4.98 Å². The summed E-state index contributed by atoms with van der Waals surface area (Å²) in [4.78, 5) is 33.8. The highest BCUT2D eigenvalue weighted by Gasteiger charge is 2.37. The Morgan fingerprint density at radius 2 is 1.88 bits per heavy atom. The second-order valence-corrected chi connectivity index (χ2v) is 7.73. The molecule has 0 radical (unpaired) electrons. The fourth-order valence-electron chi connectivity index (χ4n) is 3.99. The normalized spacial score (nSPS) is 16.2. The van der Waals surface area contributed by atoms with E-state index in [0.29, 0.717) is 31.0 Å². The summed E-state index contributed by atoms with van der Waals surface area (Å²) in [7, 11) is 3.24. The molecule has 2 aromatic carbocycles. The summed E-state index contributed by atoms with van der Waals surface area (Å²) in [6, 6.07) is 16.5. The van der Waals surface area contributed by atoms with Crippen molar-refractivity contribution in [2.45, 2.75) is 12.5 Å². The van der Waals surface area contributed by atoms with Gasteiger partial charge in [0, 0.05) is 44.4 Å². The summed E-state index contributed by atoms with van der Waals surface area (Å²) in [6.07, 6.45) is 1.87. The van der Waals surface area contributed by atoms with Crippen molar-refractivity contribution in [3.63, 3.8) is 0 Å². The van der Waals surface area contributed by atoms with Crippen LogP contribution in [-0.4, -0.2) is 59.9 Å². The van der Waals surface area contributed by atoms with Crippen LogP contribution in [0.1, 0.15) is 15.9 Å². The molecule has 6 nitrogen and oxygen atoms in total. The number of piperazine rings is 1. The van der Waals surface area contributed by atoms with Crippen LogP contribution in [0.25, 0.3) is 11.1 Å². The van der Waals surface area contributed by atoms with Gasteiger partial charge in [-0.3, -0.25) is 9.59 Å². The Morgan fingerprint density at radius 3 is 2.62 bits per heavy atom. The van der Waals surface area contributed by atoms with E-state index in [9.17, 15) is 14.0 Å². The predicted molar refractivity (Wildman–Crippen MR) is 119 cm³/mol. The highest BCUT2D eigenvalue weighted by molar-refractivity contribution is 5.98. The largest absolute Gasteiger partial charge is 0.481 e. The van der Waals surface area contributed by atoms with E-state index < -0.39 is 6.04 Å². The van der Waals surface area contributed by atoms with E-state index in [-0.39, 0.29) is 17.6 Å². The van der Waals surface area contributed by atoms with Crippen molar-refractivity contribution in [2.75, 3.05) is 27.2 Å². The Labute approximate surface area is 186 Å². The fourth-order valence-corrected chi connectivity index (χ4v) is 3.99. The number of benzene rings is 2. The average molecular weight is 433 g/mol. The zero-order valence-electron chi connectivity index (χ0n) is 18.0. The summed E-state index contributed by atoms with van der Waals surface area (Å²) < 4.78 is 18.6. The van der Waals surface area contributed by atoms with Gasteiger partial charge < -0.3 is 14.5 Å². The first kappa shape index (κ1) is 21.5. The number of hydrogen-bond donors (Lipinski definition) is 0. The van der Waals surface area contributed by atoms with Gasteiger partial charge in [0.1, 0.15) is 11.9 Å². The van der Waals surface area contributed by atoms with Gasteiger partial charge >= 0.3 is 0 Å². The standard InChI is InChI=1S/C25H24FN3O3/c1-28-13-14-29(24(30)19-11-12-27-23(16-19)32-2)22(25(28)31)15-18-5-3-4-6-21(18)17-7-9-20(26)10-8-17/h3-12,16,22H,13-15H2,1-2H3/t22-/m1/s1. The molecule has 3 aromatic rings. The minimum absolute atomic E-state index is 0.112. The van der Waals surface area contributed by atoms with Crippen LogP contribution < -0.4 is 4.74 Å². The molecule has 1 aromatic heterocycles. The van der Waals surface area contributed by atoms with Crippen LogP contribution in [0.15, 0.2) is 66.9 Å². The molecular formula is C25H24FN3O3. The van der Waals surface area contributed by atoms with Crippen LogP contribution in [0.2, 0.25) is 0 Å². The summed E-state index contributed by atoms with van der Waals surface area (Å²) >= 11 is 0. The van der Waals surface area contributed by atoms with Gasteiger partial charge in [-0.15, -0.1) is 0 Å². The van der Waals surface area contributed by atoms with Crippen LogP contribution in [0, 0.1) is 5.82 Å². The zero-order chi connectivity index (χ0) is 22.7. The summed E-state index contributed by atoms with van der Waals surface area (Å²) in [5, 5.41) is 0. The summed E-state index contributed by atoms with van der Waals surface area (Å²) in [5.41, 5.74) is 3.10. The third-order valence-electron chi connectivity index (χ3n) is 5.75. The molecule has 0 bridgehead atoms. The third-order valence-corrected chi connectivity index (χ3v) is 5.75. The highest BCUT2D eigenvalue weighted by Crippen LogP contribution is 2.27. The van der Waals surface area contributed by atoms with Crippen molar-refractivity contribution in [1.29, 1.82) is 0 Å². The van der Waals surface area contributed by atoms with E-state index >= 15 is 0 Å². The Balaban J connectivity index is 1.68. The molecule has 1 aliphatic rings. The minimum Gasteiger partial charge on any atom is -0.481 e. The van der Waals surface area contributed by atoms with E-state index in [1.54, 1.807) is 41.1 Å². The number of rotatable bonds is 5. The first-order valence-corrected chi connectivity index (χ1v) is 10.4. The van der Waals surface area contributed by atoms with Crippen molar-refractivity contribution in [2.24, 2.45) is 0 Å². The Hall–Kier alpha value is -3.74. The molecule has 7 heteroatoms. The van der Waals surface area contributed by atoms with Crippen LogP contribution in [-0.2, 0) is 11.2 Å². The molecule has 2 amide bonds. The number of nitrogens with zero attached hydrogens (tertiary/aromatic N) is 3. The number of hydrogen-bond acceptors (Lipinski definition) is 4. The lowest BCUT2D eigenvalue weighted by Gasteiger charge is -2.39. The van der Waals surface area contributed by atoms with Gasteiger partial charge in [0.2, 0.25) is 11.8 Å². The van der Waals surface area contributed by atoms with E-state index in [1.807, 2.05) is 24.3 Å². The quantitative estimate of drug-likeness (QED) is 0.619. The lowest BCUT2D eigenvalue weighted by molar-refractivity contribution is -0.138. The number of pyridine rings is 1. The molecule has 1 atom stereocenters. The molecule has 0 saturated carbocycles. The summed E-state index contributed by atoms with van der Waals surface area (Å²) in [5.74, 6) is -0.315. The van der Waals surface area contributed by atoms with Crippen molar-refractivity contribution < 1.29 is 18.7 Å². The van der Waals surface area contributed by atoms with Crippen molar-refractivity contribution in [1.82, 2.24) is 14.8 Å². The molecule has 0 N–H and O–H groups in total. The second-order valence-electron chi connectivity index (χ2n) is 7.73. The van der Waals surface area contributed by atoms with Crippen molar-refractivity contribution >= 4 is 11.8 Å². The molecule has 32 heavy (non-hydrogen) atoms. The Kier molecular flexibility index (Phi) is 6.16. The zero-order valence-corrected chi connectivity index (χ0v) is 18.0. The number of methoxy groups -OCH3 is 1. The number of carbonyl (C=O) groups excluding carboxylic acids is 2. The molecular weight excluding hydrogens is 409 g/mol. The average Bonchev–Trinajstić information content (AvgIpc) is 2.83. The van der Waals surface area contributed by atoms with Gasteiger partial charge in [0.15, 0.2) is 0 Å². The molecule has 2 heterocycles. The van der Waals surface area contributed by atoms with Crippen LogP contribution in [0.5, 0.6) is 5.88 Å². The number of likely N-dealkylation sites (N-methyl/N-ethyl adjacent to an activating group) is 1. The van der Waals surface area contributed by atoms with E-state index in [0.717, 1.165) is 16.7 Å². The Morgan fingerprint density at radius 1 is 1.12 bits per heavy atom. The SMILES string of the molecule is COc1cc(C(=O)N2CCN(C)C(=O)[C@H]2Cc2ccccc2-c2ccc(F)cc2)ccn1. The van der Waals surface area contributed by atoms with Gasteiger partial charge in [-0.1, -0.05) is 36.4 Å². The molecule has 1 saturated heterocycles. The van der Waals surface area contributed by atoms with Gasteiger partial charge in [0.05, 0.1) is 7.11 Å². The maximum absolute atomic E-state index is 13.4. The smallest absolute Gasteiger partial charge is 0.254 e. The van der Waals surface area contributed by atoms with Gasteiger partial charge in [0.25, 0.3) is 5.91 Å². The molecule has 164 valence electrons. The molecule has 4 rings (SSSR count). The molecule has 1 aliphatic heterocycles. The maximum Gasteiger partial charge on any atom is 0.254 e. The number of carbonyl (C=O) groups is 2. The first-order valence-electron chi connectivity index (χ1n) is 10.4.